The molecule has 26 heavy (non-hydrogen) atoms. The van der Waals surface area contributed by atoms with Gasteiger partial charge in [-0.1, -0.05) is 26.0 Å². The van der Waals surface area contributed by atoms with Gasteiger partial charge >= 0.3 is 0 Å². The number of allylic oxidation sites excluding steroid dienone is 2. The van der Waals surface area contributed by atoms with E-state index in [9.17, 15) is 10.1 Å². The molecular weight excluding hydrogens is 348 g/mol. The van der Waals surface area contributed by atoms with Crippen LogP contribution in [0.3, 0.4) is 0 Å². The topological polar surface area (TPSA) is 97.8 Å². The van der Waals surface area contributed by atoms with Crippen LogP contribution in [0, 0.1) is 10.1 Å². The quantitative estimate of drug-likeness (QED) is 0.509. The Kier molecular flexibility index (Phi) is 3.69. The lowest BCUT2D eigenvalue weighted by molar-refractivity contribution is -0.384. The van der Waals surface area contributed by atoms with Crippen LogP contribution in [-0.2, 0) is 5.41 Å². The number of aromatic nitrogens is 2. The Labute approximate surface area is 154 Å². The molecule has 0 bridgehead atoms. The highest BCUT2D eigenvalue weighted by molar-refractivity contribution is 7.19. The van der Waals surface area contributed by atoms with E-state index in [2.05, 4.69) is 36.2 Å². The van der Waals surface area contributed by atoms with Crippen molar-refractivity contribution in [1.82, 2.24) is 10.2 Å². The first kappa shape index (κ1) is 16.5. The van der Waals surface area contributed by atoms with Crippen molar-refractivity contribution in [3.63, 3.8) is 0 Å². The monoisotopic (exact) mass is 366 g/mol. The first-order valence-corrected chi connectivity index (χ1v) is 9.07. The van der Waals surface area contributed by atoms with Crippen molar-refractivity contribution in [2.45, 2.75) is 25.7 Å². The number of thiophene rings is 1. The highest BCUT2D eigenvalue weighted by Crippen LogP contribution is 2.47. The third-order valence-electron chi connectivity index (χ3n) is 4.66. The number of aromatic amines is 1. The van der Waals surface area contributed by atoms with Gasteiger partial charge in [0.25, 0.3) is 5.69 Å². The normalized spacial score (nSPS) is 16.0. The van der Waals surface area contributed by atoms with E-state index in [0.717, 1.165) is 27.8 Å². The molecule has 0 amide bonds. The summed E-state index contributed by atoms with van der Waals surface area (Å²) >= 11 is 1.69. The third kappa shape index (κ3) is 2.70. The maximum atomic E-state index is 10.8. The van der Waals surface area contributed by atoms with E-state index >= 15 is 0 Å². The number of nitrogens with zero attached hydrogens (tertiary/aromatic N) is 2. The van der Waals surface area contributed by atoms with Crippen molar-refractivity contribution in [3.8, 4) is 0 Å². The van der Waals surface area contributed by atoms with E-state index < -0.39 is 4.92 Å². The minimum Gasteiger partial charge on any atom is -0.384 e. The van der Waals surface area contributed by atoms with Crippen molar-refractivity contribution in [1.29, 1.82) is 0 Å². The predicted molar refractivity (Wildman–Crippen MR) is 106 cm³/mol. The average Bonchev–Trinajstić information content (AvgIpc) is 3.14. The van der Waals surface area contributed by atoms with E-state index in [0.29, 0.717) is 5.82 Å². The minimum absolute atomic E-state index is 0.00401. The van der Waals surface area contributed by atoms with Crippen molar-refractivity contribution < 1.29 is 4.92 Å². The number of hydrogen-bond acceptors (Lipinski definition) is 5. The predicted octanol–water partition coefficient (Wildman–Crippen LogP) is 4.89. The van der Waals surface area contributed by atoms with Crippen LogP contribution in [0.4, 0.5) is 11.5 Å². The Morgan fingerprint density at radius 3 is 2.73 bits per heavy atom. The second-order valence-corrected chi connectivity index (χ2v) is 8.12. The molecule has 3 aromatic rings. The summed E-state index contributed by atoms with van der Waals surface area (Å²) in [4.78, 5) is 12.6. The number of nitrogens with one attached hydrogen (secondary N) is 1. The molecule has 0 atom stereocenters. The molecule has 1 aliphatic rings. The van der Waals surface area contributed by atoms with Gasteiger partial charge in [-0.3, -0.25) is 15.2 Å². The summed E-state index contributed by atoms with van der Waals surface area (Å²) in [5, 5.41) is 18.9. The van der Waals surface area contributed by atoms with Crippen LogP contribution in [0.1, 0.15) is 36.3 Å². The van der Waals surface area contributed by atoms with Crippen LogP contribution in [-0.4, -0.2) is 15.1 Å². The van der Waals surface area contributed by atoms with E-state index in [1.54, 1.807) is 23.5 Å². The molecule has 2 aromatic heterocycles. The maximum Gasteiger partial charge on any atom is 0.269 e. The summed E-state index contributed by atoms with van der Waals surface area (Å²) in [6.45, 7) is 4.46. The van der Waals surface area contributed by atoms with Crippen LogP contribution in [0.2, 0.25) is 0 Å². The summed E-state index contributed by atoms with van der Waals surface area (Å²) in [6.07, 6.45) is 7.15. The molecule has 0 saturated heterocycles. The summed E-state index contributed by atoms with van der Waals surface area (Å²) in [5.74, 6) is 0.602. The van der Waals surface area contributed by atoms with Gasteiger partial charge in [-0.05, 0) is 35.8 Å². The number of fused-ring (bicyclic) bond motifs is 3. The molecule has 0 saturated carbocycles. The van der Waals surface area contributed by atoms with Gasteiger partial charge < -0.3 is 5.73 Å². The summed E-state index contributed by atoms with van der Waals surface area (Å²) in [6, 6.07) is 6.55. The van der Waals surface area contributed by atoms with Gasteiger partial charge in [-0.15, -0.1) is 11.3 Å². The number of nitro benzene ring substituents is 1. The lowest BCUT2D eigenvalue weighted by Gasteiger charge is -2.29. The number of nitro groups is 1. The maximum absolute atomic E-state index is 10.8. The molecule has 3 N–H and O–H groups in total. The van der Waals surface area contributed by atoms with Crippen molar-refractivity contribution in [2.75, 3.05) is 5.73 Å². The Balaban J connectivity index is 1.71. The summed E-state index contributed by atoms with van der Waals surface area (Å²) in [7, 11) is 0. The molecule has 0 fully saturated rings. The number of rotatable bonds is 3. The zero-order valence-electron chi connectivity index (χ0n) is 14.4. The SMILES string of the molecule is CC1(C)CC(/C=C/c2ccc([N+](=O)[O-])cc2)=Cc2c1sc1n[nH]c(N)c21. The van der Waals surface area contributed by atoms with Crippen molar-refractivity contribution >= 4 is 45.2 Å². The zero-order chi connectivity index (χ0) is 18.5. The van der Waals surface area contributed by atoms with Gasteiger partial charge in [0, 0.05) is 28.0 Å². The average molecular weight is 366 g/mol. The van der Waals surface area contributed by atoms with E-state index in [1.165, 1.54) is 22.6 Å². The van der Waals surface area contributed by atoms with Crippen LogP contribution in [0.15, 0.2) is 35.9 Å². The second kappa shape index (κ2) is 5.81. The largest absolute Gasteiger partial charge is 0.384 e. The standard InChI is InChI=1S/C19H18N4O2S/c1-19(2)10-12(4-3-11-5-7-13(8-6-11)23(24)25)9-14-15-17(20)21-22-18(15)26-16(14)19/h3-9H,10H2,1-2H3,(H3,20,21,22)/b4-3+. The van der Waals surface area contributed by atoms with Crippen molar-refractivity contribution in [3.05, 3.63) is 62.0 Å². The third-order valence-corrected chi connectivity index (χ3v) is 6.12. The number of anilines is 1. The fourth-order valence-electron chi connectivity index (χ4n) is 3.42. The minimum atomic E-state index is -0.391. The summed E-state index contributed by atoms with van der Waals surface area (Å²) in [5.41, 5.74) is 9.44. The van der Waals surface area contributed by atoms with Gasteiger partial charge in [-0.25, -0.2) is 0 Å². The zero-order valence-corrected chi connectivity index (χ0v) is 15.3. The Morgan fingerprint density at radius 2 is 2.04 bits per heavy atom. The van der Waals surface area contributed by atoms with E-state index in [4.69, 9.17) is 5.73 Å². The van der Waals surface area contributed by atoms with Crippen LogP contribution in [0.25, 0.3) is 22.4 Å². The Bertz CT molecular complexity index is 1070. The van der Waals surface area contributed by atoms with Gasteiger partial charge in [-0.2, -0.15) is 5.10 Å². The highest BCUT2D eigenvalue weighted by Gasteiger charge is 2.32. The first-order chi connectivity index (χ1) is 12.3. The molecule has 0 radical (unpaired) electrons. The lowest BCUT2D eigenvalue weighted by atomic mass is 9.77. The summed E-state index contributed by atoms with van der Waals surface area (Å²) < 4.78 is 0. The molecule has 0 aliphatic heterocycles. The Morgan fingerprint density at radius 1 is 1.31 bits per heavy atom. The number of hydrogen-bond donors (Lipinski definition) is 2. The number of nitrogens with two attached hydrogens (primary N) is 1. The lowest BCUT2D eigenvalue weighted by Crippen LogP contribution is -2.20. The molecule has 132 valence electrons. The number of H-pyrrole nitrogens is 1. The number of benzene rings is 1. The molecule has 1 aromatic carbocycles. The molecule has 0 spiro atoms. The van der Waals surface area contributed by atoms with E-state index in [1.807, 2.05) is 6.08 Å². The smallest absolute Gasteiger partial charge is 0.269 e. The highest BCUT2D eigenvalue weighted by atomic mass is 32.1. The molecule has 7 heteroatoms. The van der Waals surface area contributed by atoms with Gasteiger partial charge in [0.15, 0.2) is 0 Å². The second-order valence-electron chi connectivity index (χ2n) is 7.12. The van der Waals surface area contributed by atoms with Crippen molar-refractivity contribution in [2.24, 2.45) is 0 Å². The first-order valence-electron chi connectivity index (χ1n) is 8.25. The molecule has 0 unspecified atom stereocenters. The fourth-order valence-corrected chi connectivity index (χ4v) is 4.65. The fraction of sp³-hybridized carbons (Fsp3) is 0.211. The Hall–Kier alpha value is -2.93. The van der Waals surface area contributed by atoms with Crippen LogP contribution in [0.5, 0.6) is 0 Å². The molecular formula is C19H18N4O2S. The van der Waals surface area contributed by atoms with E-state index in [-0.39, 0.29) is 11.1 Å². The molecule has 6 nitrogen and oxygen atoms in total. The number of non-ortho nitro benzene ring substituents is 1. The number of nitrogen functional groups attached to an aromatic ring is 1. The van der Waals surface area contributed by atoms with Gasteiger partial charge in [0.2, 0.25) is 0 Å². The van der Waals surface area contributed by atoms with Gasteiger partial charge in [0.05, 0.1) is 10.3 Å². The van der Waals surface area contributed by atoms with Crippen LogP contribution < -0.4 is 5.73 Å². The van der Waals surface area contributed by atoms with Crippen LogP contribution >= 0.6 is 11.3 Å². The molecule has 1 aliphatic carbocycles. The molecule has 2 heterocycles. The van der Waals surface area contributed by atoms with Gasteiger partial charge in [0.1, 0.15) is 10.6 Å². The molecule has 4 rings (SSSR count).